The molecular formula is C23H20O3. The molecule has 0 aliphatic rings. The Morgan fingerprint density at radius 3 is 1.92 bits per heavy atom. The molecule has 0 spiro atoms. The summed E-state index contributed by atoms with van der Waals surface area (Å²) in [5, 5.41) is 0. The molecule has 0 N–H and O–H groups in total. The molecule has 0 fully saturated rings. The molecule has 0 amide bonds. The summed E-state index contributed by atoms with van der Waals surface area (Å²) in [6.45, 7) is 0. The number of ketones is 2. The summed E-state index contributed by atoms with van der Waals surface area (Å²) in [5.41, 5.74) is 2.04. The maximum atomic E-state index is 13.0. The van der Waals surface area contributed by atoms with Crippen LogP contribution in [-0.2, 0) is 0 Å². The largest absolute Gasteiger partial charge is 0.497 e. The van der Waals surface area contributed by atoms with Crippen LogP contribution in [0.5, 0.6) is 5.75 Å². The Kier molecular flexibility index (Phi) is 5.59. The first-order chi connectivity index (χ1) is 12.7. The molecule has 0 bridgehead atoms. The number of Topliss-reactive ketones (excluding diaryl/α,β-unsaturated/α-hetero) is 2. The maximum absolute atomic E-state index is 13.0. The second-order valence-corrected chi connectivity index (χ2v) is 6.05. The Bertz CT molecular complexity index is 868. The van der Waals surface area contributed by atoms with E-state index < -0.39 is 5.92 Å². The van der Waals surface area contributed by atoms with E-state index in [-0.39, 0.29) is 18.0 Å². The number of benzene rings is 3. The lowest BCUT2D eigenvalue weighted by molar-refractivity contribution is 0.0893. The summed E-state index contributed by atoms with van der Waals surface area (Å²) in [5.74, 6) is 0.0826. The summed E-state index contributed by atoms with van der Waals surface area (Å²) >= 11 is 0. The van der Waals surface area contributed by atoms with Gasteiger partial charge in [-0.05, 0) is 29.8 Å². The van der Waals surface area contributed by atoms with E-state index in [1.165, 1.54) is 0 Å². The van der Waals surface area contributed by atoms with E-state index in [2.05, 4.69) is 0 Å². The predicted octanol–water partition coefficient (Wildman–Crippen LogP) is 4.93. The Hall–Kier alpha value is -3.20. The van der Waals surface area contributed by atoms with Crippen molar-refractivity contribution in [3.63, 3.8) is 0 Å². The molecule has 3 rings (SSSR count). The predicted molar refractivity (Wildman–Crippen MR) is 102 cm³/mol. The van der Waals surface area contributed by atoms with Crippen LogP contribution in [0.4, 0.5) is 0 Å². The van der Waals surface area contributed by atoms with E-state index in [0.29, 0.717) is 16.9 Å². The van der Waals surface area contributed by atoms with Crippen molar-refractivity contribution in [1.82, 2.24) is 0 Å². The number of rotatable bonds is 7. The smallest absolute Gasteiger partial charge is 0.170 e. The molecule has 0 aliphatic heterocycles. The minimum Gasteiger partial charge on any atom is -0.497 e. The fraction of sp³-hybridized carbons (Fsp3) is 0.130. The van der Waals surface area contributed by atoms with Gasteiger partial charge in [-0.3, -0.25) is 9.59 Å². The van der Waals surface area contributed by atoms with Crippen molar-refractivity contribution in [3.8, 4) is 5.75 Å². The van der Waals surface area contributed by atoms with Crippen molar-refractivity contribution in [3.05, 3.63) is 102 Å². The number of carbonyl (C=O) groups is 2. The van der Waals surface area contributed by atoms with Gasteiger partial charge in [-0.15, -0.1) is 0 Å². The molecule has 130 valence electrons. The van der Waals surface area contributed by atoms with Crippen molar-refractivity contribution in [2.75, 3.05) is 7.11 Å². The molecule has 0 aliphatic carbocycles. The Morgan fingerprint density at radius 1 is 0.769 bits per heavy atom. The van der Waals surface area contributed by atoms with Crippen molar-refractivity contribution in [1.29, 1.82) is 0 Å². The van der Waals surface area contributed by atoms with Gasteiger partial charge in [0.1, 0.15) is 5.75 Å². The number of ether oxygens (including phenoxy) is 1. The lowest BCUT2D eigenvalue weighted by atomic mass is 9.85. The average molecular weight is 344 g/mol. The fourth-order valence-electron chi connectivity index (χ4n) is 2.93. The molecule has 1 atom stereocenters. The highest BCUT2D eigenvalue weighted by atomic mass is 16.5. The second-order valence-electron chi connectivity index (χ2n) is 6.05. The highest BCUT2D eigenvalue weighted by Gasteiger charge is 2.25. The van der Waals surface area contributed by atoms with Gasteiger partial charge in [-0.2, -0.15) is 0 Å². The second kappa shape index (κ2) is 8.26. The van der Waals surface area contributed by atoms with Crippen LogP contribution in [0.15, 0.2) is 84.9 Å². The van der Waals surface area contributed by atoms with E-state index in [1.54, 1.807) is 43.5 Å². The van der Waals surface area contributed by atoms with Crippen LogP contribution in [-0.4, -0.2) is 18.7 Å². The van der Waals surface area contributed by atoms with Gasteiger partial charge in [-0.25, -0.2) is 0 Å². The molecule has 0 saturated carbocycles. The molecule has 0 aromatic heterocycles. The molecule has 3 heteroatoms. The highest BCUT2D eigenvalue weighted by Crippen LogP contribution is 2.26. The molecule has 3 aromatic rings. The van der Waals surface area contributed by atoms with Crippen molar-refractivity contribution in [2.45, 2.75) is 12.3 Å². The number of hydrogen-bond donors (Lipinski definition) is 0. The van der Waals surface area contributed by atoms with Gasteiger partial charge in [0.05, 0.1) is 13.0 Å². The molecule has 26 heavy (non-hydrogen) atoms. The van der Waals surface area contributed by atoms with Crippen molar-refractivity contribution >= 4 is 11.6 Å². The Balaban J connectivity index is 1.88. The van der Waals surface area contributed by atoms with E-state index in [9.17, 15) is 9.59 Å². The van der Waals surface area contributed by atoms with E-state index in [4.69, 9.17) is 4.74 Å². The van der Waals surface area contributed by atoms with Gasteiger partial charge in [0.15, 0.2) is 11.6 Å². The minimum absolute atomic E-state index is 0.0429. The van der Waals surface area contributed by atoms with Gasteiger partial charge in [-0.1, -0.05) is 60.7 Å². The molecule has 3 nitrogen and oxygen atoms in total. The Morgan fingerprint density at radius 2 is 1.35 bits per heavy atom. The molecule has 0 radical (unpaired) electrons. The summed E-state index contributed by atoms with van der Waals surface area (Å²) in [6.07, 6.45) is 0.129. The van der Waals surface area contributed by atoms with Crippen LogP contribution in [0.25, 0.3) is 0 Å². The summed E-state index contributed by atoms with van der Waals surface area (Å²) in [7, 11) is 1.58. The monoisotopic (exact) mass is 344 g/mol. The van der Waals surface area contributed by atoms with Gasteiger partial charge in [0.25, 0.3) is 0 Å². The number of carbonyl (C=O) groups excluding carboxylic acids is 2. The van der Waals surface area contributed by atoms with Crippen LogP contribution in [0, 0.1) is 0 Å². The third-order valence-corrected chi connectivity index (χ3v) is 4.38. The first-order valence-electron chi connectivity index (χ1n) is 8.50. The lowest BCUT2D eigenvalue weighted by Crippen LogP contribution is -2.17. The average Bonchev–Trinajstić information content (AvgIpc) is 2.72. The van der Waals surface area contributed by atoms with Crippen LogP contribution >= 0.6 is 0 Å². The lowest BCUT2D eigenvalue weighted by Gasteiger charge is -2.16. The summed E-state index contributed by atoms with van der Waals surface area (Å²) in [4.78, 5) is 25.8. The van der Waals surface area contributed by atoms with Gasteiger partial charge in [0, 0.05) is 17.5 Å². The highest BCUT2D eigenvalue weighted by molar-refractivity contribution is 6.06. The molecule has 0 heterocycles. The first kappa shape index (κ1) is 17.6. The van der Waals surface area contributed by atoms with Gasteiger partial charge >= 0.3 is 0 Å². The van der Waals surface area contributed by atoms with Gasteiger partial charge < -0.3 is 4.74 Å². The zero-order chi connectivity index (χ0) is 18.4. The molecule has 0 saturated heterocycles. The SMILES string of the molecule is COc1ccc(C(=O)CC(C(=O)c2ccccc2)c2ccccc2)cc1. The first-order valence-corrected chi connectivity index (χ1v) is 8.50. The minimum atomic E-state index is -0.506. The number of hydrogen-bond acceptors (Lipinski definition) is 3. The molecule has 1 unspecified atom stereocenters. The normalized spacial score (nSPS) is 11.6. The maximum Gasteiger partial charge on any atom is 0.170 e. The van der Waals surface area contributed by atoms with Crippen molar-refractivity contribution in [2.24, 2.45) is 0 Å². The van der Waals surface area contributed by atoms with Gasteiger partial charge in [0.2, 0.25) is 0 Å². The van der Waals surface area contributed by atoms with Crippen LogP contribution < -0.4 is 4.74 Å². The van der Waals surface area contributed by atoms with E-state index in [1.807, 2.05) is 48.5 Å². The van der Waals surface area contributed by atoms with E-state index in [0.717, 1.165) is 5.56 Å². The third-order valence-electron chi connectivity index (χ3n) is 4.38. The van der Waals surface area contributed by atoms with Crippen LogP contribution in [0.2, 0.25) is 0 Å². The van der Waals surface area contributed by atoms with E-state index >= 15 is 0 Å². The zero-order valence-electron chi connectivity index (χ0n) is 14.6. The topological polar surface area (TPSA) is 43.4 Å². The summed E-state index contributed by atoms with van der Waals surface area (Å²) in [6, 6.07) is 25.6. The zero-order valence-corrected chi connectivity index (χ0v) is 14.6. The van der Waals surface area contributed by atoms with Crippen LogP contribution in [0.1, 0.15) is 38.6 Å². The quantitative estimate of drug-likeness (QED) is 0.571. The van der Waals surface area contributed by atoms with Crippen LogP contribution in [0.3, 0.4) is 0 Å². The number of methoxy groups -OCH3 is 1. The summed E-state index contributed by atoms with van der Waals surface area (Å²) < 4.78 is 5.13. The molecular weight excluding hydrogens is 324 g/mol. The third kappa shape index (κ3) is 4.06. The standard InChI is InChI=1S/C23H20O3/c1-26-20-14-12-18(13-15-20)22(24)16-21(17-8-4-2-5-9-17)23(25)19-10-6-3-7-11-19/h2-15,21H,16H2,1H3. The fourth-order valence-corrected chi connectivity index (χ4v) is 2.93. The molecule has 3 aromatic carbocycles. The Labute approximate surface area is 153 Å². The van der Waals surface area contributed by atoms with Crippen molar-refractivity contribution < 1.29 is 14.3 Å².